The Hall–Kier alpha value is -5.13. The molecule has 208 valence electrons. The minimum absolute atomic E-state index is 0.0878. The third-order valence-corrected chi connectivity index (χ3v) is 5.69. The highest BCUT2D eigenvalue weighted by Crippen LogP contribution is 2.32. The molecule has 2 aromatic carbocycles. The van der Waals surface area contributed by atoms with Crippen LogP contribution in [0.5, 0.6) is 17.2 Å². The van der Waals surface area contributed by atoms with Gasteiger partial charge in [0.05, 0.1) is 35.4 Å². The van der Waals surface area contributed by atoms with Crippen molar-refractivity contribution in [3.8, 4) is 39.8 Å². The van der Waals surface area contributed by atoms with Gasteiger partial charge in [-0.2, -0.15) is 13.2 Å². The molecule has 2 heterocycles. The molecule has 0 fully saturated rings. The minimum Gasteiger partial charge on any atom is -0.505 e. The average molecular weight is 556 g/mol. The number of methoxy groups -OCH3 is 1. The fourth-order valence-corrected chi connectivity index (χ4v) is 3.55. The van der Waals surface area contributed by atoms with Crippen molar-refractivity contribution >= 4 is 11.9 Å². The van der Waals surface area contributed by atoms with Crippen molar-refractivity contribution in [2.24, 2.45) is 0 Å². The maximum absolute atomic E-state index is 12.5. The van der Waals surface area contributed by atoms with Gasteiger partial charge in [-0.1, -0.05) is 12.1 Å². The standard InChI is InChI=1S/C14H10F3NO3.C14H13NO4/c1-7-12(19)10(13(20)21)6-11(18-7)8-2-4-9(5-3-8)14(15,16)17;1-8-13(16)11(14(17)18)7-12(15-8)9-3-5-10(19-2)6-4-9/h2-6,19H,1H3,(H,20,21);3-7,16H,1-2H3,(H,17,18). The molecule has 0 atom stereocenters. The van der Waals surface area contributed by atoms with Gasteiger partial charge in [0.25, 0.3) is 0 Å². The Kier molecular flexibility index (Phi) is 8.62. The number of ether oxygens (including phenoxy) is 1. The van der Waals surface area contributed by atoms with Gasteiger partial charge < -0.3 is 25.2 Å². The van der Waals surface area contributed by atoms with Gasteiger partial charge in [-0.15, -0.1) is 0 Å². The number of alkyl halides is 3. The van der Waals surface area contributed by atoms with Gasteiger partial charge in [-0.25, -0.2) is 19.6 Å². The highest BCUT2D eigenvalue weighted by molar-refractivity contribution is 5.93. The first-order valence-corrected chi connectivity index (χ1v) is 11.4. The summed E-state index contributed by atoms with van der Waals surface area (Å²) >= 11 is 0. The van der Waals surface area contributed by atoms with Gasteiger partial charge in [-0.3, -0.25) is 0 Å². The van der Waals surface area contributed by atoms with E-state index in [-0.39, 0.29) is 34.0 Å². The van der Waals surface area contributed by atoms with E-state index in [4.69, 9.17) is 14.9 Å². The Morgan fingerprint density at radius 3 is 1.43 bits per heavy atom. The Morgan fingerprint density at radius 2 is 1.10 bits per heavy atom. The lowest BCUT2D eigenvalue weighted by Gasteiger charge is -2.09. The van der Waals surface area contributed by atoms with E-state index in [1.54, 1.807) is 38.3 Å². The SMILES string of the molecule is COc1ccc(-c2cc(C(=O)O)c(O)c(C)n2)cc1.Cc1nc(-c2ccc(C(F)(F)F)cc2)cc(C(=O)O)c1O. The van der Waals surface area contributed by atoms with E-state index in [1.165, 1.54) is 25.1 Å². The maximum Gasteiger partial charge on any atom is 0.416 e. The number of carboxylic acid groups (broad SMARTS) is 2. The lowest BCUT2D eigenvalue weighted by molar-refractivity contribution is -0.137. The molecule has 4 aromatic rings. The van der Waals surface area contributed by atoms with E-state index in [0.29, 0.717) is 17.0 Å². The van der Waals surface area contributed by atoms with Crippen LogP contribution in [0.1, 0.15) is 37.7 Å². The number of hydrogen-bond acceptors (Lipinski definition) is 7. The molecule has 12 heteroatoms. The number of hydrogen-bond donors (Lipinski definition) is 4. The zero-order valence-corrected chi connectivity index (χ0v) is 21.3. The average Bonchev–Trinajstić information content (AvgIpc) is 2.91. The summed E-state index contributed by atoms with van der Waals surface area (Å²) in [7, 11) is 1.57. The molecule has 0 amide bonds. The number of aromatic hydroxyl groups is 2. The van der Waals surface area contributed by atoms with Crippen LogP contribution in [0.15, 0.2) is 60.7 Å². The van der Waals surface area contributed by atoms with Crippen LogP contribution < -0.4 is 4.74 Å². The van der Waals surface area contributed by atoms with Crippen molar-refractivity contribution in [3.63, 3.8) is 0 Å². The van der Waals surface area contributed by atoms with E-state index >= 15 is 0 Å². The molecule has 0 aliphatic heterocycles. The molecular formula is C28H23F3N2O7. The van der Waals surface area contributed by atoms with Crippen LogP contribution >= 0.6 is 0 Å². The van der Waals surface area contributed by atoms with Gasteiger partial charge in [0.15, 0.2) is 11.5 Å². The third kappa shape index (κ3) is 6.65. The molecule has 9 nitrogen and oxygen atoms in total. The summed E-state index contributed by atoms with van der Waals surface area (Å²) in [4.78, 5) is 30.2. The molecule has 0 unspecified atom stereocenters. The number of aromatic carboxylic acids is 2. The lowest BCUT2D eigenvalue weighted by Crippen LogP contribution is -2.04. The normalized spacial score (nSPS) is 10.8. The largest absolute Gasteiger partial charge is 0.505 e. The van der Waals surface area contributed by atoms with E-state index in [0.717, 1.165) is 23.8 Å². The number of aryl methyl sites for hydroxylation is 2. The zero-order chi connectivity index (χ0) is 29.8. The Labute approximate surface area is 225 Å². The Morgan fingerprint density at radius 1 is 0.725 bits per heavy atom. The molecule has 0 saturated carbocycles. The molecule has 40 heavy (non-hydrogen) atoms. The van der Waals surface area contributed by atoms with Crippen molar-refractivity contribution in [2.75, 3.05) is 7.11 Å². The van der Waals surface area contributed by atoms with Crippen LogP contribution in [0.3, 0.4) is 0 Å². The number of aromatic nitrogens is 2. The Balaban J connectivity index is 0.000000222. The minimum atomic E-state index is -4.44. The predicted octanol–water partition coefficient (Wildman–Crippen LogP) is 5.95. The van der Waals surface area contributed by atoms with Crippen LogP contribution in [-0.2, 0) is 6.18 Å². The number of pyridine rings is 2. The van der Waals surface area contributed by atoms with Crippen LogP contribution in [0.2, 0.25) is 0 Å². The second-order valence-electron chi connectivity index (χ2n) is 8.39. The van der Waals surface area contributed by atoms with Crippen LogP contribution in [0.25, 0.3) is 22.5 Å². The van der Waals surface area contributed by atoms with Gasteiger partial charge >= 0.3 is 18.1 Å². The van der Waals surface area contributed by atoms with Gasteiger partial charge in [0, 0.05) is 11.1 Å². The molecule has 4 N–H and O–H groups in total. The van der Waals surface area contributed by atoms with Crippen LogP contribution in [-0.4, -0.2) is 49.4 Å². The van der Waals surface area contributed by atoms with E-state index < -0.39 is 29.4 Å². The molecule has 2 aromatic heterocycles. The molecule has 0 aliphatic rings. The topological polar surface area (TPSA) is 150 Å². The number of nitrogens with zero attached hydrogens (tertiary/aromatic N) is 2. The van der Waals surface area contributed by atoms with E-state index in [9.17, 15) is 33.0 Å². The van der Waals surface area contributed by atoms with Gasteiger partial charge in [0.2, 0.25) is 0 Å². The van der Waals surface area contributed by atoms with Crippen molar-refractivity contribution in [3.05, 3.63) is 88.7 Å². The van der Waals surface area contributed by atoms with Crippen molar-refractivity contribution in [2.45, 2.75) is 20.0 Å². The summed E-state index contributed by atoms with van der Waals surface area (Å²) in [6.07, 6.45) is -4.44. The van der Waals surface area contributed by atoms with E-state index in [2.05, 4.69) is 9.97 Å². The van der Waals surface area contributed by atoms with Crippen molar-refractivity contribution in [1.29, 1.82) is 0 Å². The van der Waals surface area contributed by atoms with Gasteiger partial charge in [0.1, 0.15) is 16.9 Å². The lowest BCUT2D eigenvalue weighted by atomic mass is 10.1. The van der Waals surface area contributed by atoms with Crippen molar-refractivity contribution in [1.82, 2.24) is 9.97 Å². The molecule has 0 aliphatic carbocycles. The van der Waals surface area contributed by atoms with E-state index in [1.807, 2.05) is 0 Å². The summed E-state index contributed by atoms with van der Waals surface area (Å²) in [6.45, 7) is 2.98. The summed E-state index contributed by atoms with van der Waals surface area (Å²) in [5.41, 5.74) is 0.818. The number of carboxylic acids is 2. The Bertz CT molecular complexity index is 1550. The second-order valence-corrected chi connectivity index (χ2v) is 8.39. The number of carbonyl (C=O) groups is 2. The summed E-state index contributed by atoms with van der Waals surface area (Å²) < 4.78 is 42.5. The van der Waals surface area contributed by atoms with Crippen molar-refractivity contribution < 1.29 is 47.9 Å². The number of rotatable bonds is 5. The smallest absolute Gasteiger partial charge is 0.416 e. The summed E-state index contributed by atoms with van der Waals surface area (Å²) in [5.74, 6) is -2.58. The maximum atomic E-state index is 12.5. The second kappa shape index (κ2) is 11.7. The summed E-state index contributed by atoms with van der Waals surface area (Å²) in [6, 6.07) is 13.7. The first-order chi connectivity index (χ1) is 18.7. The quantitative estimate of drug-likeness (QED) is 0.234. The molecule has 4 rings (SSSR count). The monoisotopic (exact) mass is 556 g/mol. The first-order valence-electron chi connectivity index (χ1n) is 11.4. The fourth-order valence-electron chi connectivity index (χ4n) is 3.55. The zero-order valence-electron chi connectivity index (χ0n) is 21.3. The van der Waals surface area contributed by atoms with Crippen LogP contribution in [0, 0.1) is 13.8 Å². The van der Waals surface area contributed by atoms with Crippen LogP contribution in [0.4, 0.5) is 13.2 Å². The molecule has 0 radical (unpaired) electrons. The summed E-state index contributed by atoms with van der Waals surface area (Å²) in [5, 5.41) is 37.3. The molecule has 0 saturated heterocycles. The first kappa shape index (κ1) is 29.4. The highest BCUT2D eigenvalue weighted by Gasteiger charge is 2.30. The number of benzene rings is 2. The highest BCUT2D eigenvalue weighted by atomic mass is 19.4. The molecule has 0 spiro atoms. The molecule has 0 bridgehead atoms. The molecular weight excluding hydrogens is 533 g/mol. The number of halogens is 3. The third-order valence-electron chi connectivity index (χ3n) is 5.69. The fraction of sp³-hybridized carbons (Fsp3) is 0.143. The van der Waals surface area contributed by atoms with Gasteiger partial charge in [-0.05, 0) is 62.4 Å². The predicted molar refractivity (Wildman–Crippen MR) is 138 cm³/mol.